The number of aliphatic hydroxyl groups excluding tert-OH is 1. The van der Waals surface area contributed by atoms with E-state index in [1.807, 2.05) is 6.07 Å². The molecule has 0 saturated heterocycles. The number of halogens is 1. The van der Waals surface area contributed by atoms with Crippen LogP contribution < -0.4 is 5.32 Å². The fourth-order valence-corrected chi connectivity index (χ4v) is 1.27. The lowest BCUT2D eigenvalue weighted by Gasteiger charge is -2.08. The molecule has 1 aromatic rings. The van der Waals surface area contributed by atoms with Gasteiger partial charge in [0.1, 0.15) is 16.9 Å². The molecular weight excluding hydrogens is 214 g/mol. The molecule has 0 aliphatic heterocycles. The topological polar surface area (TPSA) is 68.9 Å². The van der Waals surface area contributed by atoms with E-state index in [-0.39, 0.29) is 6.10 Å². The number of aliphatic hydroxyl groups is 1. The molecule has 0 bridgehead atoms. The van der Waals surface area contributed by atoms with Crippen LogP contribution in [0.25, 0.3) is 0 Å². The van der Waals surface area contributed by atoms with Crippen LogP contribution in [0, 0.1) is 11.3 Å². The summed E-state index contributed by atoms with van der Waals surface area (Å²) in [5.41, 5.74) is 0.395. The first-order chi connectivity index (χ1) is 7.15. The zero-order chi connectivity index (χ0) is 11.3. The standard InChI is InChI=1S/C10H12ClN3O/c1-7(15)2-4-13-10-9(11)8(6-12)3-5-14-10/h3,5,7,15H,2,4H2,1H3,(H,13,14). The quantitative estimate of drug-likeness (QED) is 0.820. The van der Waals surface area contributed by atoms with E-state index in [0.29, 0.717) is 29.4 Å². The van der Waals surface area contributed by atoms with Gasteiger partial charge in [-0.05, 0) is 19.4 Å². The van der Waals surface area contributed by atoms with Crippen molar-refractivity contribution in [1.82, 2.24) is 4.98 Å². The molecule has 1 unspecified atom stereocenters. The summed E-state index contributed by atoms with van der Waals surface area (Å²) in [6.07, 6.45) is 1.76. The molecule has 4 nitrogen and oxygen atoms in total. The Morgan fingerprint density at radius 1 is 1.73 bits per heavy atom. The first-order valence-electron chi connectivity index (χ1n) is 4.61. The summed E-state index contributed by atoms with van der Waals surface area (Å²) in [6.45, 7) is 2.28. The monoisotopic (exact) mass is 225 g/mol. The van der Waals surface area contributed by atoms with E-state index in [1.165, 1.54) is 6.20 Å². The predicted molar refractivity (Wildman–Crippen MR) is 58.7 cm³/mol. The maximum Gasteiger partial charge on any atom is 0.146 e. The minimum Gasteiger partial charge on any atom is -0.393 e. The molecular formula is C10H12ClN3O. The van der Waals surface area contributed by atoms with Gasteiger partial charge in [-0.1, -0.05) is 11.6 Å². The minimum absolute atomic E-state index is 0.325. The summed E-state index contributed by atoms with van der Waals surface area (Å²) < 4.78 is 0. The average Bonchev–Trinajstić information content (AvgIpc) is 2.20. The Kier molecular flexibility index (Phi) is 4.35. The fraction of sp³-hybridized carbons (Fsp3) is 0.400. The molecule has 0 saturated carbocycles. The highest BCUT2D eigenvalue weighted by Crippen LogP contribution is 2.22. The van der Waals surface area contributed by atoms with Crippen molar-refractivity contribution in [3.8, 4) is 6.07 Å². The lowest BCUT2D eigenvalue weighted by atomic mass is 10.2. The van der Waals surface area contributed by atoms with Gasteiger partial charge in [-0.15, -0.1) is 0 Å². The van der Waals surface area contributed by atoms with E-state index >= 15 is 0 Å². The molecule has 1 atom stereocenters. The molecule has 0 fully saturated rings. The molecule has 5 heteroatoms. The van der Waals surface area contributed by atoms with Crippen LogP contribution in [-0.2, 0) is 0 Å². The molecule has 1 heterocycles. The van der Waals surface area contributed by atoms with Gasteiger partial charge in [0.15, 0.2) is 0 Å². The van der Waals surface area contributed by atoms with Gasteiger partial charge in [-0.25, -0.2) is 4.98 Å². The number of hydrogen-bond acceptors (Lipinski definition) is 4. The van der Waals surface area contributed by atoms with E-state index in [4.69, 9.17) is 22.0 Å². The number of pyridine rings is 1. The Morgan fingerprint density at radius 3 is 3.07 bits per heavy atom. The molecule has 15 heavy (non-hydrogen) atoms. The summed E-state index contributed by atoms with van der Waals surface area (Å²) >= 11 is 5.91. The summed E-state index contributed by atoms with van der Waals surface area (Å²) in [4.78, 5) is 4.01. The van der Waals surface area contributed by atoms with E-state index in [2.05, 4.69) is 10.3 Å². The Labute approximate surface area is 93.5 Å². The number of rotatable bonds is 4. The molecule has 2 N–H and O–H groups in total. The van der Waals surface area contributed by atoms with Gasteiger partial charge in [0.25, 0.3) is 0 Å². The van der Waals surface area contributed by atoms with Crippen LogP contribution in [0.2, 0.25) is 5.02 Å². The van der Waals surface area contributed by atoms with Crippen molar-refractivity contribution in [3.63, 3.8) is 0 Å². The van der Waals surface area contributed by atoms with Crippen LogP contribution >= 0.6 is 11.6 Å². The Morgan fingerprint density at radius 2 is 2.47 bits per heavy atom. The highest BCUT2D eigenvalue weighted by atomic mass is 35.5. The number of hydrogen-bond donors (Lipinski definition) is 2. The largest absolute Gasteiger partial charge is 0.393 e. The molecule has 0 radical (unpaired) electrons. The molecule has 0 aliphatic carbocycles. The number of nitriles is 1. The normalized spacial score (nSPS) is 11.9. The van der Waals surface area contributed by atoms with Gasteiger partial charge < -0.3 is 10.4 Å². The third-order valence-corrected chi connectivity index (χ3v) is 2.25. The highest BCUT2D eigenvalue weighted by Gasteiger charge is 2.06. The van der Waals surface area contributed by atoms with E-state index in [9.17, 15) is 0 Å². The molecule has 1 aromatic heterocycles. The Balaban J connectivity index is 2.66. The summed E-state index contributed by atoms with van der Waals surface area (Å²) in [7, 11) is 0. The van der Waals surface area contributed by atoms with Crippen LogP contribution in [0.15, 0.2) is 12.3 Å². The fourth-order valence-electron chi connectivity index (χ4n) is 1.05. The molecule has 0 amide bonds. The van der Waals surface area contributed by atoms with Gasteiger partial charge in [-0.2, -0.15) is 5.26 Å². The zero-order valence-corrected chi connectivity index (χ0v) is 9.12. The van der Waals surface area contributed by atoms with E-state index in [0.717, 1.165) is 0 Å². The van der Waals surface area contributed by atoms with Crippen molar-refractivity contribution < 1.29 is 5.11 Å². The predicted octanol–water partition coefficient (Wildman–Crippen LogP) is 1.79. The lowest BCUT2D eigenvalue weighted by molar-refractivity contribution is 0.188. The van der Waals surface area contributed by atoms with E-state index in [1.54, 1.807) is 13.0 Å². The van der Waals surface area contributed by atoms with Crippen molar-refractivity contribution in [2.45, 2.75) is 19.4 Å². The molecule has 0 spiro atoms. The van der Waals surface area contributed by atoms with Gasteiger partial charge in [-0.3, -0.25) is 0 Å². The maximum absolute atomic E-state index is 9.05. The number of nitrogens with zero attached hydrogens (tertiary/aromatic N) is 2. The van der Waals surface area contributed by atoms with Gasteiger partial charge in [0.2, 0.25) is 0 Å². The second-order valence-electron chi connectivity index (χ2n) is 3.20. The Hall–Kier alpha value is -1.31. The zero-order valence-electron chi connectivity index (χ0n) is 8.37. The van der Waals surface area contributed by atoms with Crippen LogP contribution in [0.3, 0.4) is 0 Å². The smallest absolute Gasteiger partial charge is 0.146 e. The summed E-state index contributed by atoms with van der Waals surface area (Å²) in [6, 6.07) is 3.53. The molecule has 0 aromatic carbocycles. The van der Waals surface area contributed by atoms with Crippen molar-refractivity contribution in [2.75, 3.05) is 11.9 Å². The number of aromatic nitrogens is 1. The minimum atomic E-state index is -0.365. The van der Waals surface area contributed by atoms with Crippen molar-refractivity contribution in [2.24, 2.45) is 0 Å². The molecule has 0 aliphatic rings. The number of anilines is 1. The second-order valence-corrected chi connectivity index (χ2v) is 3.58. The van der Waals surface area contributed by atoms with Crippen LogP contribution in [0.5, 0.6) is 0 Å². The van der Waals surface area contributed by atoms with Crippen molar-refractivity contribution in [1.29, 1.82) is 5.26 Å². The van der Waals surface area contributed by atoms with Gasteiger partial charge in [0.05, 0.1) is 11.7 Å². The van der Waals surface area contributed by atoms with Crippen molar-refractivity contribution in [3.05, 3.63) is 22.8 Å². The van der Waals surface area contributed by atoms with Gasteiger partial charge in [0, 0.05) is 12.7 Å². The first-order valence-corrected chi connectivity index (χ1v) is 4.99. The Bertz CT molecular complexity index is 373. The highest BCUT2D eigenvalue weighted by molar-refractivity contribution is 6.34. The SMILES string of the molecule is CC(O)CCNc1nccc(C#N)c1Cl. The average molecular weight is 226 g/mol. The van der Waals surface area contributed by atoms with Crippen LogP contribution in [-0.4, -0.2) is 22.7 Å². The summed E-state index contributed by atoms with van der Waals surface area (Å²) in [5.74, 6) is 0.483. The van der Waals surface area contributed by atoms with Crippen LogP contribution in [0.4, 0.5) is 5.82 Å². The van der Waals surface area contributed by atoms with Gasteiger partial charge >= 0.3 is 0 Å². The lowest BCUT2D eigenvalue weighted by Crippen LogP contribution is -2.11. The number of nitrogens with one attached hydrogen (secondary N) is 1. The third kappa shape index (κ3) is 3.39. The van der Waals surface area contributed by atoms with Crippen molar-refractivity contribution >= 4 is 17.4 Å². The first kappa shape index (κ1) is 11.8. The molecule has 1 rings (SSSR count). The molecule has 80 valence electrons. The van der Waals surface area contributed by atoms with E-state index < -0.39 is 0 Å². The maximum atomic E-state index is 9.05. The second kappa shape index (κ2) is 5.54. The third-order valence-electron chi connectivity index (χ3n) is 1.86. The van der Waals surface area contributed by atoms with Crippen LogP contribution in [0.1, 0.15) is 18.9 Å². The summed E-state index contributed by atoms with van der Waals surface area (Å²) in [5, 5.41) is 21.1.